The second kappa shape index (κ2) is 8.55. The van der Waals surface area contributed by atoms with Crippen LogP contribution in [0.5, 0.6) is 0 Å². The van der Waals surface area contributed by atoms with Crippen LogP contribution < -0.4 is 0 Å². The first-order valence-corrected chi connectivity index (χ1v) is 11.2. The van der Waals surface area contributed by atoms with Crippen LogP contribution in [-0.2, 0) is 11.2 Å². The van der Waals surface area contributed by atoms with E-state index in [1.807, 2.05) is 23.1 Å². The van der Waals surface area contributed by atoms with Crippen molar-refractivity contribution in [3.63, 3.8) is 0 Å². The molecule has 1 atom stereocenters. The molecule has 1 aliphatic heterocycles. The Labute approximate surface area is 182 Å². The fourth-order valence-electron chi connectivity index (χ4n) is 3.91. The Kier molecular flexibility index (Phi) is 5.46. The molecule has 1 aliphatic rings. The first-order chi connectivity index (χ1) is 15.2. The van der Waals surface area contributed by atoms with Gasteiger partial charge in [-0.2, -0.15) is 4.98 Å². The van der Waals surface area contributed by atoms with Gasteiger partial charge in [-0.25, -0.2) is 9.37 Å². The monoisotopic (exact) mass is 436 g/mol. The van der Waals surface area contributed by atoms with E-state index in [9.17, 15) is 9.18 Å². The van der Waals surface area contributed by atoms with E-state index < -0.39 is 0 Å². The molecule has 0 saturated carbocycles. The maximum Gasteiger partial charge on any atom is 0.227 e. The SMILES string of the molecule is O=C(CCc1nc(-c2ccc(F)cc2)no1)N1CCCC(c2nc3ccccc3s2)C1. The van der Waals surface area contributed by atoms with Gasteiger partial charge in [-0.15, -0.1) is 11.3 Å². The average Bonchev–Trinajstić information content (AvgIpc) is 3.45. The number of aryl methyl sites for hydroxylation is 1. The fraction of sp³-hybridized carbons (Fsp3) is 0.304. The van der Waals surface area contributed by atoms with Gasteiger partial charge in [0.05, 0.1) is 15.2 Å². The number of aromatic nitrogens is 3. The standard InChI is InChI=1S/C23H21FN4O2S/c24-17-9-7-15(8-10-17)22-26-20(30-27-22)11-12-21(29)28-13-3-4-16(14-28)23-25-18-5-1-2-6-19(18)31-23/h1-2,5-10,16H,3-4,11-14H2. The highest BCUT2D eigenvalue weighted by Crippen LogP contribution is 2.33. The van der Waals surface area contributed by atoms with Gasteiger partial charge in [0, 0.05) is 37.4 Å². The van der Waals surface area contributed by atoms with Gasteiger partial charge < -0.3 is 9.42 Å². The van der Waals surface area contributed by atoms with E-state index in [0.717, 1.165) is 29.9 Å². The summed E-state index contributed by atoms with van der Waals surface area (Å²) in [6.07, 6.45) is 2.73. The highest BCUT2D eigenvalue weighted by atomic mass is 32.1. The third-order valence-corrected chi connectivity index (χ3v) is 6.76. The average molecular weight is 437 g/mol. The molecule has 1 unspecified atom stereocenters. The van der Waals surface area contributed by atoms with Crippen LogP contribution in [0.15, 0.2) is 53.1 Å². The summed E-state index contributed by atoms with van der Waals surface area (Å²) in [4.78, 5) is 23.9. The molecule has 2 aromatic carbocycles. The number of para-hydroxylation sites is 1. The zero-order valence-electron chi connectivity index (χ0n) is 16.8. The van der Waals surface area contributed by atoms with Gasteiger partial charge in [-0.3, -0.25) is 4.79 Å². The lowest BCUT2D eigenvalue weighted by molar-refractivity contribution is -0.132. The molecule has 0 radical (unpaired) electrons. The summed E-state index contributed by atoms with van der Waals surface area (Å²) in [5.74, 6) is 0.864. The summed E-state index contributed by atoms with van der Waals surface area (Å²) in [5, 5.41) is 5.05. The van der Waals surface area contributed by atoms with Crippen LogP contribution in [0.1, 0.15) is 36.1 Å². The van der Waals surface area contributed by atoms with Crippen molar-refractivity contribution in [3.8, 4) is 11.4 Å². The van der Waals surface area contributed by atoms with Gasteiger partial charge in [-0.1, -0.05) is 17.3 Å². The summed E-state index contributed by atoms with van der Waals surface area (Å²) in [6, 6.07) is 14.1. The maximum atomic E-state index is 13.1. The maximum absolute atomic E-state index is 13.1. The largest absolute Gasteiger partial charge is 0.342 e. The molecule has 158 valence electrons. The predicted molar refractivity (Wildman–Crippen MR) is 116 cm³/mol. The number of carbonyl (C=O) groups excluding carboxylic acids is 1. The van der Waals surface area contributed by atoms with E-state index >= 15 is 0 Å². The number of thiazole rings is 1. The molecule has 5 rings (SSSR count). The Morgan fingerprint density at radius 1 is 1.16 bits per heavy atom. The third kappa shape index (κ3) is 4.34. The Morgan fingerprint density at radius 2 is 2.00 bits per heavy atom. The van der Waals surface area contributed by atoms with Gasteiger partial charge in [0.2, 0.25) is 17.6 Å². The minimum absolute atomic E-state index is 0.0901. The molecule has 0 spiro atoms. The second-order valence-electron chi connectivity index (χ2n) is 7.72. The highest BCUT2D eigenvalue weighted by Gasteiger charge is 2.27. The van der Waals surface area contributed by atoms with Crippen molar-refractivity contribution in [2.45, 2.75) is 31.6 Å². The molecule has 0 bridgehead atoms. The van der Waals surface area contributed by atoms with E-state index in [2.05, 4.69) is 16.2 Å². The van der Waals surface area contributed by atoms with Crippen molar-refractivity contribution in [1.29, 1.82) is 0 Å². The lowest BCUT2D eigenvalue weighted by Gasteiger charge is -2.31. The molecule has 1 fully saturated rings. The van der Waals surface area contributed by atoms with Crippen LogP contribution in [0.2, 0.25) is 0 Å². The van der Waals surface area contributed by atoms with E-state index in [0.29, 0.717) is 36.7 Å². The number of amides is 1. The van der Waals surface area contributed by atoms with Gasteiger partial charge >= 0.3 is 0 Å². The molecule has 6 nitrogen and oxygen atoms in total. The van der Waals surface area contributed by atoms with Crippen molar-refractivity contribution in [2.75, 3.05) is 13.1 Å². The first kappa shape index (κ1) is 19.8. The zero-order chi connectivity index (χ0) is 21.2. The summed E-state index contributed by atoms with van der Waals surface area (Å²) in [6.45, 7) is 1.47. The topological polar surface area (TPSA) is 72.1 Å². The summed E-state index contributed by atoms with van der Waals surface area (Å²) >= 11 is 1.72. The molecule has 1 amide bonds. The fourth-order valence-corrected chi connectivity index (χ4v) is 5.01. The summed E-state index contributed by atoms with van der Waals surface area (Å²) < 4.78 is 19.5. The van der Waals surface area contributed by atoms with Crippen molar-refractivity contribution >= 4 is 27.5 Å². The van der Waals surface area contributed by atoms with Gasteiger partial charge in [0.15, 0.2) is 0 Å². The number of halogens is 1. The number of rotatable bonds is 5. The molecule has 8 heteroatoms. The number of likely N-dealkylation sites (tertiary alicyclic amines) is 1. The predicted octanol–water partition coefficient (Wildman–Crippen LogP) is 4.82. The van der Waals surface area contributed by atoms with Crippen molar-refractivity contribution in [1.82, 2.24) is 20.0 Å². The number of piperidine rings is 1. The van der Waals surface area contributed by atoms with Gasteiger partial charge in [0.25, 0.3) is 0 Å². The minimum Gasteiger partial charge on any atom is -0.342 e. The molecule has 0 aliphatic carbocycles. The second-order valence-corrected chi connectivity index (χ2v) is 8.78. The normalized spacial score (nSPS) is 16.7. The molecule has 31 heavy (non-hydrogen) atoms. The molecular formula is C23H21FN4O2S. The van der Waals surface area contributed by atoms with Gasteiger partial charge in [-0.05, 0) is 49.2 Å². The smallest absolute Gasteiger partial charge is 0.227 e. The lowest BCUT2D eigenvalue weighted by Crippen LogP contribution is -2.39. The van der Waals surface area contributed by atoms with Crippen molar-refractivity contribution in [2.24, 2.45) is 0 Å². The Morgan fingerprint density at radius 3 is 2.84 bits per heavy atom. The lowest BCUT2D eigenvalue weighted by atomic mass is 9.98. The molecular weight excluding hydrogens is 415 g/mol. The van der Waals surface area contributed by atoms with E-state index in [1.165, 1.54) is 16.8 Å². The molecule has 0 N–H and O–H groups in total. The van der Waals surface area contributed by atoms with Crippen LogP contribution >= 0.6 is 11.3 Å². The van der Waals surface area contributed by atoms with Gasteiger partial charge in [0.1, 0.15) is 5.82 Å². The molecule has 1 saturated heterocycles. The number of hydrogen-bond acceptors (Lipinski definition) is 6. The number of carbonyl (C=O) groups is 1. The molecule has 4 aromatic rings. The molecule has 3 heterocycles. The number of hydrogen-bond donors (Lipinski definition) is 0. The number of fused-ring (bicyclic) bond motifs is 1. The Hall–Kier alpha value is -3.13. The highest BCUT2D eigenvalue weighted by molar-refractivity contribution is 7.18. The quantitative estimate of drug-likeness (QED) is 0.448. The Balaban J connectivity index is 1.20. The third-order valence-electron chi connectivity index (χ3n) is 5.56. The van der Waals surface area contributed by atoms with Crippen LogP contribution in [0, 0.1) is 5.82 Å². The zero-order valence-corrected chi connectivity index (χ0v) is 17.6. The van der Waals surface area contributed by atoms with Crippen LogP contribution in [-0.4, -0.2) is 39.0 Å². The molecule has 2 aromatic heterocycles. The first-order valence-electron chi connectivity index (χ1n) is 10.4. The van der Waals surface area contributed by atoms with Crippen molar-refractivity contribution in [3.05, 3.63) is 65.2 Å². The van der Waals surface area contributed by atoms with E-state index in [1.54, 1.807) is 23.5 Å². The Bertz CT molecular complexity index is 1170. The summed E-state index contributed by atoms with van der Waals surface area (Å²) in [7, 11) is 0. The van der Waals surface area contributed by atoms with Crippen LogP contribution in [0.3, 0.4) is 0 Å². The van der Waals surface area contributed by atoms with Crippen molar-refractivity contribution < 1.29 is 13.7 Å². The van der Waals surface area contributed by atoms with Crippen LogP contribution in [0.25, 0.3) is 21.6 Å². The number of nitrogens with zero attached hydrogens (tertiary/aromatic N) is 4. The summed E-state index contributed by atoms with van der Waals surface area (Å²) in [5.41, 5.74) is 1.71. The number of benzene rings is 2. The van der Waals surface area contributed by atoms with E-state index in [4.69, 9.17) is 9.51 Å². The minimum atomic E-state index is -0.316. The van der Waals surface area contributed by atoms with Crippen LogP contribution in [0.4, 0.5) is 4.39 Å². The van der Waals surface area contributed by atoms with E-state index in [-0.39, 0.29) is 17.6 Å².